The molecule has 0 amide bonds. The number of nitrogens with two attached hydrogens (primary N) is 1. The molecule has 4 N–H and O–H groups in total. The highest BCUT2D eigenvalue weighted by Crippen LogP contribution is 2.35. The molecule has 1 fully saturated rings. The number of aryl methyl sites for hydroxylation is 1. The number of anilines is 1. The number of nitrogens with zero attached hydrogens (tertiary/aromatic N) is 4. The molecular formula is C20H22F4N6O2S. The van der Waals surface area contributed by atoms with Crippen molar-refractivity contribution < 1.29 is 27.4 Å². The summed E-state index contributed by atoms with van der Waals surface area (Å²) >= 11 is 1.06. The maximum absolute atomic E-state index is 13.9. The number of pyridine rings is 1. The number of aliphatic hydroxyl groups excluding tert-OH is 1. The van der Waals surface area contributed by atoms with E-state index in [9.17, 15) is 22.7 Å². The summed E-state index contributed by atoms with van der Waals surface area (Å²) in [6.45, 7) is -0.140. The summed E-state index contributed by atoms with van der Waals surface area (Å²) < 4.78 is 60.0. The van der Waals surface area contributed by atoms with Gasteiger partial charge >= 0.3 is 6.18 Å². The van der Waals surface area contributed by atoms with Crippen molar-refractivity contribution in [1.82, 2.24) is 19.7 Å². The van der Waals surface area contributed by atoms with Gasteiger partial charge in [-0.3, -0.25) is 4.68 Å². The average molecular weight is 486 g/mol. The van der Waals surface area contributed by atoms with Gasteiger partial charge in [-0.1, -0.05) is 6.07 Å². The highest BCUT2D eigenvalue weighted by Gasteiger charge is 2.33. The van der Waals surface area contributed by atoms with Gasteiger partial charge in [-0.2, -0.15) is 18.3 Å². The first-order chi connectivity index (χ1) is 15.6. The van der Waals surface area contributed by atoms with Crippen molar-refractivity contribution in [3.63, 3.8) is 0 Å². The van der Waals surface area contributed by atoms with E-state index in [0.717, 1.165) is 17.4 Å². The Hall–Kier alpha value is -2.61. The Labute approximate surface area is 190 Å². The first kappa shape index (κ1) is 23.5. The van der Waals surface area contributed by atoms with Crippen LogP contribution in [0.15, 0.2) is 29.8 Å². The summed E-state index contributed by atoms with van der Waals surface area (Å²) in [6, 6.07) is 2.95. The van der Waals surface area contributed by atoms with Gasteiger partial charge in [0.2, 0.25) is 0 Å². The Bertz CT molecular complexity index is 1090. The van der Waals surface area contributed by atoms with Gasteiger partial charge < -0.3 is 20.9 Å². The number of aliphatic hydroxyl groups is 1. The molecule has 1 unspecified atom stereocenters. The zero-order valence-corrected chi connectivity index (χ0v) is 18.3. The van der Waals surface area contributed by atoms with Crippen LogP contribution in [0.25, 0.3) is 10.7 Å². The molecule has 0 saturated carbocycles. The monoisotopic (exact) mass is 486 g/mol. The predicted octanol–water partition coefficient (Wildman–Crippen LogP) is 3.58. The number of thiazole rings is 1. The molecule has 4 heterocycles. The maximum Gasteiger partial charge on any atom is 0.433 e. The Morgan fingerprint density at radius 3 is 2.85 bits per heavy atom. The zero-order chi connectivity index (χ0) is 23.8. The number of aromatic nitrogens is 4. The van der Waals surface area contributed by atoms with Gasteiger partial charge in [0.15, 0.2) is 6.23 Å². The van der Waals surface area contributed by atoms with E-state index in [1.54, 1.807) is 11.7 Å². The summed E-state index contributed by atoms with van der Waals surface area (Å²) in [4.78, 5) is 7.86. The van der Waals surface area contributed by atoms with E-state index in [0.29, 0.717) is 24.2 Å². The molecule has 0 bridgehead atoms. The Balaban J connectivity index is 1.52. The van der Waals surface area contributed by atoms with Gasteiger partial charge in [0.25, 0.3) is 0 Å². The first-order valence-electron chi connectivity index (χ1n) is 10.1. The van der Waals surface area contributed by atoms with E-state index in [1.807, 2.05) is 0 Å². The fourth-order valence-corrected chi connectivity index (χ4v) is 4.36. The van der Waals surface area contributed by atoms with Crippen LogP contribution in [0.3, 0.4) is 0 Å². The van der Waals surface area contributed by atoms with Crippen molar-refractivity contribution in [3.05, 3.63) is 46.9 Å². The highest BCUT2D eigenvalue weighted by molar-refractivity contribution is 7.13. The average Bonchev–Trinajstić information content (AvgIpc) is 3.37. The number of alkyl halides is 4. The van der Waals surface area contributed by atoms with Crippen LogP contribution >= 0.6 is 11.3 Å². The number of halogens is 4. The molecule has 3 aromatic rings. The number of hydrogen-bond donors (Lipinski definition) is 3. The molecule has 178 valence electrons. The van der Waals surface area contributed by atoms with E-state index in [2.05, 4.69) is 20.4 Å². The smallest absolute Gasteiger partial charge is 0.369 e. The van der Waals surface area contributed by atoms with Gasteiger partial charge in [-0.05, 0) is 25.0 Å². The van der Waals surface area contributed by atoms with Crippen LogP contribution in [0, 0.1) is 0 Å². The Morgan fingerprint density at radius 2 is 2.09 bits per heavy atom. The van der Waals surface area contributed by atoms with Gasteiger partial charge in [-0.15, -0.1) is 11.3 Å². The van der Waals surface area contributed by atoms with E-state index in [1.165, 1.54) is 23.7 Å². The lowest BCUT2D eigenvalue weighted by Gasteiger charge is -2.19. The molecule has 0 aliphatic carbocycles. The predicted molar refractivity (Wildman–Crippen MR) is 113 cm³/mol. The van der Waals surface area contributed by atoms with Gasteiger partial charge in [0, 0.05) is 18.5 Å². The minimum Gasteiger partial charge on any atom is -0.369 e. The fraction of sp³-hybridized carbons (Fsp3) is 0.450. The molecule has 1 aliphatic heterocycles. The molecule has 33 heavy (non-hydrogen) atoms. The zero-order valence-electron chi connectivity index (χ0n) is 17.5. The van der Waals surface area contributed by atoms with Crippen molar-refractivity contribution in [2.24, 2.45) is 12.8 Å². The second-order valence-electron chi connectivity index (χ2n) is 7.68. The molecular weight excluding hydrogens is 464 g/mol. The lowest BCUT2D eigenvalue weighted by Crippen LogP contribution is -2.32. The Morgan fingerprint density at radius 1 is 1.30 bits per heavy atom. The van der Waals surface area contributed by atoms with Crippen LogP contribution in [-0.2, 0) is 18.0 Å². The van der Waals surface area contributed by atoms with Crippen molar-refractivity contribution in [1.29, 1.82) is 0 Å². The minimum atomic E-state index is -4.57. The molecule has 0 aromatic carbocycles. The second-order valence-corrected chi connectivity index (χ2v) is 8.53. The summed E-state index contributed by atoms with van der Waals surface area (Å²) in [5, 5.41) is 19.5. The number of hydrogen-bond acceptors (Lipinski definition) is 8. The van der Waals surface area contributed by atoms with Crippen LogP contribution in [0.2, 0.25) is 0 Å². The van der Waals surface area contributed by atoms with Gasteiger partial charge in [-0.25, -0.2) is 14.4 Å². The Kier molecular flexibility index (Phi) is 6.66. The van der Waals surface area contributed by atoms with Crippen LogP contribution in [-0.4, -0.2) is 43.7 Å². The summed E-state index contributed by atoms with van der Waals surface area (Å²) in [6.07, 6.45) is -5.17. The molecule has 1 saturated heterocycles. The number of rotatable bonds is 5. The highest BCUT2D eigenvalue weighted by atomic mass is 32.1. The second kappa shape index (κ2) is 9.33. The largest absolute Gasteiger partial charge is 0.433 e. The third kappa shape index (κ3) is 5.16. The molecule has 0 radical (unpaired) electrons. The van der Waals surface area contributed by atoms with Crippen molar-refractivity contribution in [3.8, 4) is 10.7 Å². The maximum atomic E-state index is 13.9. The minimum absolute atomic E-state index is 0.0549. The topological polar surface area (TPSA) is 111 Å². The van der Waals surface area contributed by atoms with Crippen molar-refractivity contribution >= 4 is 17.0 Å². The molecule has 13 heteroatoms. The summed E-state index contributed by atoms with van der Waals surface area (Å²) in [5.74, 6) is 0. The van der Waals surface area contributed by atoms with Crippen LogP contribution < -0.4 is 11.1 Å². The third-order valence-corrected chi connectivity index (χ3v) is 6.21. The van der Waals surface area contributed by atoms with E-state index in [-0.39, 0.29) is 23.0 Å². The van der Waals surface area contributed by atoms with E-state index >= 15 is 0 Å². The van der Waals surface area contributed by atoms with Crippen molar-refractivity contribution in [2.45, 2.75) is 43.6 Å². The molecule has 3 aromatic heterocycles. The summed E-state index contributed by atoms with van der Waals surface area (Å²) in [5.41, 5.74) is 6.12. The van der Waals surface area contributed by atoms with Crippen LogP contribution in [0.1, 0.15) is 42.3 Å². The standard InChI is InChI=1S/C20H22F4N6O2S/c1-30-17(15-6-5-11(25)10(21)8-32-15)13(7-26-30)28-18(31)14-9-33-19(29-14)12-3-2-4-16(27-12)20(22,23)24/h2-4,7,9-11,15,18,28,31H,5-6,8,25H2,1H3/t10-,11-,15+,18?/m1/s1. The first-order valence-corrected chi connectivity index (χ1v) is 11.0. The normalized spacial score (nSPS) is 22.7. The third-order valence-electron chi connectivity index (χ3n) is 5.33. The lowest BCUT2D eigenvalue weighted by molar-refractivity contribution is -0.141. The van der Waals surface area contributed by atoms with Crippen LogP contribution in [0.5, 0.6) is 0 Å². The SMILES string of the molecule is Cn1ncc(NC(O)c2csc(-c3cccc(C(F)(F)F)n3)n2)c1[C@@H]1CC[C@@H](N)[C@H](F)CO1. The van der Waals surface area contributed by atoms with E-state index < -0.39 is 36.4 Å². The molecule has 1 aliphatic rings. The molecule has 4 rings (SSSR count). The van der Waals surface area contributed by atoms with Crippen LogP contribution in [0.4, 0.5) is 23.2 Å². The lowest BCUT2D eigenvalue weighted by atomic mass is 10.0. The molecule has 4 atom stereocenters. The van der Waals surface area contributed by atoms with Crippen molar-refractivity contribution in [2.75, 3.05) is 11.9 Å². The molecule has 8 nitrogen and oxygen atoms in total. The quantitative estimate of drug-likeness (QED) is 0.373. The number of ether oxygens (including phenoxy) is 1. The van der Waals surface area contributed by atoms with Gasteiger partial charge in [0.1, 0.15) is 28.7 Å². The summed E-state index contributed by atoms with van der Waals surface area (Å²) in [7, 11) is 1.70. The number of nitrogens with one attached hydrogen (secondary N) is 1. The van der Waals surface area contributed by atoms with E-state index in [4.69, 9.17) is 10.5 Å². The fourth-order valence-electron chi connectivity index (χ4n) is 3.56. The molecule has 0 spiro atoms. The van der Waals surface area contributed by atoms with Gasteiger partial charge in [0.05, 0.1) is 29.9 Å².